The molecular formula is C13H16N6O4. The summed E-state index contributed by atoms with van der Waals surface area (Å²) >= 11 is 0. The van der Waals surface area contributed by atoms with Crippen LogP contribution in [0.5, 0.6) is 0 Å². The third-order valence-electron chi connectivity index (χ3n) is 3.44. The first-order valence-electron chi connectivity index (χ1n) is 6.89. The van der Waals surface area contributed by atoms with Crippen molar-refractivity contribution in [3.63, 3.8) is 0 Å². The second kappa shape index (κ2) is 6.38. The number of carboxylic acids is 1. The van der Waals surface area contributed by atoms with Crippen LogP contribution in [0.1, 0.15) is 30.8 Å². The molecule has 0 aromatic carbocycles. The van der Waals surface area contributed by atoms with Crippen molar-refractivity contribution in [3.05, 3.63) is 22.2 Å². The molecule has 2 heterocycles. The van der Waals surface area contributed by atoms with Crippen molar-refractivity contribution in [2.45, 2.75) is 26.3 Å². The monoisotopic (exact) mass is 320 g/mol. The van der Waals surface area contributed by atoms with Crippen LogP contribution in [0.3, 0.4) is 0 Å². The number of carbonyl (C=O) groups excluding carboxylic acids is 1. The molecule has 0 unspecified atom stereocenters. The maximum Gasteiger partial charge on any atom is 0.326 e. The van der Waals surface area contributed by atoms with Gasteiger partial charge in [0.05, 0.1) is 6.20 Å². The predicted molar refractivity (Wildman–Crippen MR) is 80.7 cm³/mol. The molecule has 2 atom stereocenters. The van der Waals surface area contributed by atoms with Gasteiger partial charge in [-0.3, -0.25) is 14.6 Å². The average molecular weight is 320 g/mol. The van der Waals surface area contributed by atoms with Gasteiger partial charge in [-0.1, -0.05) is 20.3 Å². The van der Waals surface area contributed by atoms with E-state index in [1.165, 1.54) is 0 Å². The third kappa shape index (κ3) is 3.42. The quantitative estimate of drug-likeness (QED) is 0.573. The molecule has 0 saturated carbocycles. The highest BCUT2D eigenvalue weighted by Crippen LogP contribution is 2.09. The van der Waals surface area contributed by atoms with Crippen LogP contribution in [0.2, 0.25) is 0 Å². The van der Waals surface area contributed by atoms with Gasteiger partial charge in [0.15, 0.2) is 11.2 Å². The zero-order valence-electron chi connectivity index (χ0n) is 12.5. The molecule has 5 N–H and O–H groups in total. The van der Waals surface area contributed by atoms with Crippen molar-refractivity contribution in [2.24, 2.45) is 5.92 Å². The molecule has 0 bridgehead atoms. The van der Waals surface area contributed by atoms with E-state index in [1.807, 2.05) is 6.92 Å². The molecule has 10 nitrogen and oxygen atoms in total. The van der Waals surface area contributed by atoms with Crippen LogP contribution in [0.15, 0.2) is 11.0 Å². The Bertz CT molecular complexity index is 818. The molecule has 10 heteroatoms. The van der Waals surface area contributed by atoms with Gasteiger partial charge >= 0.3 is 5.97 Å². The molecule has 0 radical (unpaired) electrons. The number of fused-ring (bicyclic) bond motifs is 1. The summed E-state index contributed by atoms with van der Waals surface area (Å²) in [4.78, 5) is 48.8. The van der Waals surface area contributed by atoms with Crippen LogP contribution in [0.25, 0.3) is 11.2 Å². The number of amides is 1. The van der Waals surface area contributed by atoms with E-state index in [1.54, 1.807) is 6.92 Å². The van der Waals surface area contributed by atoms with Gasteiger partial charge in [0.2, 0.25) is 5.95 Å². The summed E-state index contributed by atoms with van der Waals surface area (Å²) in [6.07, 6.45) is 1.66. The Morgan fingerprint density at radius 2 is 2.13 bits per heavy atom. The first kappa shape index (κ1) is 16.3. The number of aliphatic carboxylic acids is 1. The lowest BCUT2D eigenvalue weighted by molar-refractivity contribution is -0.140. The standard InChI is InChI=1S/C13H16N6O4/c1-3-5(2)7(12(22)23)17-10(20)6-4-15-8-9(16-6)18-13(14)19-11(8)21/h4-5,7H,3H2,1-2H3,(H,17,20)(H,22,23)(H3,14,16,18,19,21)/t5-,7-/m0/s1. The van der Waals surface area contributed by atoms with Crippen molar-refractivity contribution in [1.82, 2.24) is 25.3 Å². The van der Waals surface area contributed by atoms with Gasteiger partial charge in [-0.25, -0.2) is 14.8 Å². The lowest BCUT2D eigenvalue weighted by Crippen LogP contribution is -2.45. The number of aromatic amines is 1. The number of rotatable bonds is 5. The van der Waals surface area contributed by atoms with Crippen LogP contribution in [0, 0.1) is 5.92 Å². The summed E-state index contributed by atoms with van der Waals surface area (Å²) in [6, 6.07) is -1.05. The zero-order chi connectivity index (χ0) is 17.1. The second-order valence-electron chi connectivity index (χ2n) is 5.05. The fraction of sp³-hybridized carbons (Fsp3) is 0.385. The normalized spacial score (nSPS) is 13.5. The number of nitrogens with zero attached hydrogens (tertiary/aromatic N) is 3. The highest BCUT2D eigenvalue weighted by Gasteiger charge is 2.26. The minimum atomic E-state index is -1.14. The molecule has 0 spiro atoms. The predicted octanol–water partition coefficient (Wildman–Crippen LogP) is -0.476. The molecule has 0 aliphatic heterocycles. The fourth-order valence-corrected chi connectivity index (χ4v) is 1.94. The number of hydrogen-bond acceptors (Lipinski definition) is 7. The molecule has 2 aromatic heterocycles. The number of H-pyrrole nitrogens is 1. The van der Waals surface area contributed by atoms with Gasteiger partial charge in [-0.2, -0.15) is 4.98 Å². The molecule has 23 heavy (non-hydrogen) atoms. The van der Waals surface area contributed by atoms with Gasteiger partial charge in [0.25, 0.3) is 11.5 Å². The molecule has 2 aromatic rings. The summed E-state index contributed by atoms with van der Waals surface area (Å²) in [6.45, 7) is 3.54. The van der Waals surface area contributed by atoms with E-state index >= 15 is 0 Å². The van der Waals surface area contributed by atoms with E-state index in [0.717, 1.165) is 6.20 Å². The van der Waals surface area contributed by atoms with E-state index in [4.69, 9.17) is 5.73 Å². The van der Waals surface area contributed by atoms with Gasteiger partial charge < -0.3 is 16.2 Å². The Labute approximate surface area is 130 Å². The summed E-state index contributed by atoms with van der Waals surface area (Å²) in [5, 5.41) is 11.6. The number of nitrogens with one attached hydrogen (secondary N) is 2. The van der Waals surface area contributed by atoms with Gasteiger partial charge in [-0.15, -0.1) is 0 Å². The van der Waals surface area contributed by atoms with Crippen molar-refractivity contribution in [2.75, 3.05) is 5.73 Å². The average Bonchev–Trinajstić information content (AvgIpc) is 2.50. The van der Waals surface area contributed by atoms with Crippen LogP contribution in [-0.4, -0.2) is 43.0 Å². The number of aromatic nitrogens is 4. The summed E-state index contributed by atoms with van der Waals surface area (Å²) in [5.41, 5.74) is 4.54. The number of hydrogen-bond donors (Lipinski definition) is 4. The lowest BCUT2D eigenvalue weighted by Gasteiger charge is -2.19. The number of anilines is 1. The zero-order valence-corrected chi connectivity index (χ0v) is 12.5. The lowest BCUT2D eigenvalue weighted by atomic mass is 9.99. The van der Waals surface area contributed by atoms with Crippen molar-refractivity contribution < 1.29 is 14.7 Å². The first-order chi connectivity index (χ1) is 10.8. The van der Waals surface area contributed by atoms with E-state index in [2.05, 4.69) is 25.3 Å². The molecule has 1 amide bonds. The Hall–Kier alpha value is -3.04. The highest BCUT2D eigenvalue weighted by atomic mass is 16.4. The Morgan fingerprint density at radius 1 is 1.43 bits per heavy atom. The van der Waals surface area contributed by atoms with E-state index < -0.39 is 23.5 Å². The molecule has 0 aliphatic carbocycles. The maximum atomic E-state index is 12.2. The summed E-state index contributed by atoms with van der Waals surface area (Å²) < 4.78 is 0. The van der Waals surface area contributed by atoms with Crippen molar-refractivity contribution in [3.8, 4) is 0 Å². The molecular weight excluding hydrogens is 304 g/mol. The van der Waals surface area contributed by atoms with Crippen LogP contribution in [0.4, 0.5) is 5.95 Å². The van der Waals surface area contributed by atoms with Crippen LogP contribution in [-0.2, 0) is 4.79 Å². The minimum absolute atomic E-state index is 0.0625. The Kier molecular flexibility index (Phi) is 4.53. The van der Waals surface area contributed by atoms with Crippen LogP contribution < -0.4 is 16.6 Å². The minimum Gasteiger partial charge on any atom is -0.480 e. The number of carboxylic acid groups (broad SMARTS) is 1. The third-order valence-corrected chi connectivity index (χ3v) is 3.44. The van der Waals surface area contributed by atoms with Gasteiger partial charge in [0, 0.05) is 0 Å². The molecule has 0 fully saturated rings. The van der Waals surface area contributed by atoms with Crippen molar-refractivity contribution in [1.29, 1.82) is 0 Å². The molecule has 122 valence electrons. The summed E-state index contributed by atoms with van der Waals surface area (Å²) in [5.74, 6) is -2.27. The topological polar surface area (TPSA) is 164 Å². The molecule has 2 rings (SSSR count). The second-order valence-corrected chi connectivity index (χ2v) is 5.05. The molecule has 0 saturated heterocycles. The summed E-state index contributed by atoms with van der Waals surface area (Å²) in [7, 11) is 0. The van der Waals surface area contributed by atoms with Gasteiger partial charge in [-0.05, 0) is 5.92 Å². The Balaban J connectivity index is 2.34. The smallest absolute Gasteiger partial charge is 0.326 e. The Morgan fingerprint density at radius 3 is 2.74 bits per heavy atom. The van der Waals surface area contributed by atoms with E-state index in [0.29, 0.717) is 6.42 Å². The number of carbonyl (C=O) groups is 2. The maximum absolute atomic E-state index is 12.2. The van der Waals surface area contributed by atoms with E-state index in [9.17, 15) is 19.5 Å². The SMILES string of the molecule is CC[C@H](C)[C@H](NC(=O)c1cnc2c(=O)[nH]c(N)nc2n1)C(=O)O. The fourth-order valence-electron chi connectivity index (χ4n) is 1.94. The molecule has 0 aliphatic rings. The first-order valence-corrected chi connectivity index (χ1v) is 6.89. The largest absolute Gasteiger partial charge is 0.480 e. The van der Waals surface area contributed by atoms with Gasteiger partial charge in [0.1, 0.15) is 11.7 Å². The van der Waals surface area contributed by atoms with Crippen LogP contribution >= 0.6 is 0 Å². The van der Waals surface area contributed by atoms with Crippen molar-refractivity contribution >= 4 is 29.0 Å². The number of nitrogen functional groups attached to an aromatic ring is 1. The number of nitrogens with two attached hydrogens (primary N) is 1. The highest BCUT2D eigenvalue weighted by molar-refractivity contribution is 5.95. The van der Waals surface area contributed by atoms with E-state index in [-0.39, 0.29) is 28.7 Å².